The third-order valence-corrected chi connectivity index (χ3v) is 6.73. The molecule has 0 aliphatic carbocycles. The molecule has 2 aromatic carbocycles. The number of thiazole rings is 1. The van der Waals surface area contributed by atoms with E-state index in [1.165, 1.54) is 17.4 Å². The molecule has 8 nitrogen and oxygen atoms in total. The van der Waals surface area contributed by atoms with Crippen molar-refractivity contribution in [1.82, 2.24) is 15.1 Å². The maximum atomic E-state index is 13.0. The van der Waals surface area contributed by atoms with Gasteiger partial charge >= 0.3 is 12.1 Å². The fourth-order valence-corrected chi connectivity index (χ4v) is 4.93. The van der Waals surface area contributed by atoms with Gasteiger partial charge in [0.25, 0.3) is 0 Å². The maximum absolute atomic E-state index is 13.0. The SMILES string of the molecule is NC(N)=[N+]1CCC[C@H]1Cc1nc(-c2ccc(Nc3nc(-c4cccc(C(F)(F)F)c4)cs3)cc2)no1. The normalized spacial score (nSPS) is 15.9. The number of hydrogen-bond donors (Lipinski definition) is 3. The van der Waals surface area contributed by atoms with Crippen molar-refractivity contribution < 1.29 is 22.3 Å². The summed E-state index contributed by atoms with van der Waals surface area (Å²) in [7, 11) is 0. The molecule has 1 atom stereocenters. The van der Waals surface area contributed by atoms with Crippen molar-refractivity contribution in [3.8, 4) is 22.6 Å². The number of nitrogens with one attached hydrogen (secondary N) is 1. The van der Waals surface area contributed by atoms with Gasteiger partial charge < -0.3 is 9.84 Å². The smallest absolute Gasteiger partial charge is 0.339 e. The molecule has 0 saturated carbocycles. The Kier molecular flexibility index (Phi) is 6.35. The van der Waals surface area contributed by atoms with Gasteiger partial charge in [0.05, 0.1) is 30.3 Å². The molecule has 0 radical (unpaired) electrons. The summed E-state index contributed by atoms with van der Waals surface area (Å²) in [6.07, 6.45) is -1.86. The van der Waals surface area contributed by atoms with Crippen LogP contribution in [0, 0.1) is 0 Å². The molecule has 0 spiro atoms. The van der Waals surface area contributed by atoms with Crippen LogP contribution < -0.4 is 16.8 Å². The van der Waals surface area contributed by atoms with E-state index in [0.717, 1.165) is 42.8 Å². The fraction of sp³-hybridized carbons (Fsp3) is 0.250. The van der Waals surface area contributed by atoms with Crippen molar-refractivity contribution >= 4 is 28.1 Å². The molecule has 5 rings (SSSR count). The van der Waals surface area contributed by atoms with Gasteiger partial charge in [0.1, 0.15) is 0 Å². The van der Waals surface area contributed by atoms with Gasteiger partial charge in [-0.2, -0.15) is 18.2 Å². The highest BCUT2D eigenvalue weighted by Crippen LogP contribution is 2.33. The van der Waals surface area contributed by atoms with Crippen molar-refractivity contribution in [2.75, 3.05) is 11.9 Å². The Hall–Kier alpha value is -3.93. The Morgan fingerprint density at radius 2 is 1.92 bits per heavy atom. The number of halogens is 3. The van der Waals surface area contributed by atoms with E-state index in [9.17, 15) is 13.2 Å². The lowest BCUT2D eigenvalue weighted by Crippen LogP contribution is -2.39. The number of benzene rings is 2. The van der Waals surface area contributed by atoms with Crippen molar-refractivity contribution in [2.24, 2.45) is 11.5 Å². The zero-order valence-electron chi connectivity index (χ0n) is 19.0. The first-order valence-corrected chi connectivity index (χ1v) is 12.1. The van der Waals surface area contributed by atoms with Crippen LogP contribution in [0.4, 0.5) is 24.0 Å². The number of rotatable bonds is 6. The van der Waals surface area contributed by atoms with E-state index >= 15 is 0 Å². The van der Waals surface area contributed by atoms with Crippen LogP contribution in [-0.4, -0.2) is 38.2 Å². The summed E-state index contributed by atoms with van der Waals surface area (Å²) < 4.78 is 46.4. The van der Waals surface area contributed by atoms with Crippen LogP contribution in [0.2, 0.25) is 0 Å². The molecule has 1 aliphatic rings. The predicted molar refractivity (Wildman–Crippen MR) is 131 cm³/mol. The summed E-state index contributed by atoms with van der Waals surface area (Å²) in [4.78, 5) is 8.93. The highest BCUT2D eigenvalue weighted by Gasteiger charge is 2.30. The predicted octanol–water partition coefficient (Wildman–Crippen LogP) is 4.61. The standard InChI is InChI=1S/C24H22F3N7OS/c25-24(26,27)16-4-1-3-15(11-16)19-13-36-23(31-19)30-17-8-6-14(7-9-17)21-32-20(35-33-21)12-18-5-2-10-34(18)22(28)29/h1,3-4,6-9,11,13,18H,2,5,10,12H2,(H4,28,29,30,31,33)/p+1/t18-/m0/s1. The lowest BCUT2D eigenvalue weighted by Gasteiger charge is -2.09. The average Bonchev–Trinajstić information content (AvgIpc) is 3.61. The number of guanidine groups is 1. The minimum atomic E-state index is -4.40. The van der Waals surface area contributed by atoms with Gasteiger partial charge in [0.15, 0.2) is 5.13 Å². The maximum Gasteiger partial charge on any atom is 0.416 e. The lowest BCUT2D eigenvalue weighted by molar-refractivity contribution is -0.545. The Labute approximate surface area is 208 Å². The van der Waals surface area contributed by atoms with E-state index in [2.05, 4.69) is 20.4 Å². The molecule has 12 heteroatoms. The number of alkyl halides is 3. The summed E-state index contributed by atoms with van der Waals surface area (Å²) in [5.74, 6) is 1.31. The highest BCUT2D eigenvalue weighted by molar-refractivity contribution is 7.14. The van der Waals surface area contributed by atoms with Crippen molar-refractivity contribution in [2.45, 2.75) is 31.5 Å². The second-order valence-electron chi connectivity index (χ2n) is 8.45. The third kappa shape index (κ3) is 5.18. The van der Waals surface area contributed by atoms with E-state index in [-0.39, 0.29) is 6.04 Å². The Morgan fingerprint density at radius 1 is 1.11 bits per heavy atom. The van der Waals surface area contributed by atoms with Gasteiger partial charge in [-0.3, -0.25) is 16.0 Å². The fourth-order valence-electron chi connectivity index (χ4n) is 4.19. The van der Waals surface area contributed by atoms with Crippen molar-refractivity contribution in [3.05, 3.63) is 65.4 Å². The first-order valence-electron chi connectivity index (χ1n) is 11.2. The molecule has 36 heavy (non-hydrogen) atoms. The van der Waals surface area contributed by atoms with Gasteiger partial charge in [-0.15, -0.1) is 11.3 Å². The molecule has 4 aromatic rings. The molecular formula is C24H23F3N7OS+. The van der Waals surface area contributed by atoms with Crippen LogP contribution in [0.25, 0.3) is 22.6 Å². The van der Waals surface area contributed by atoms with E-state index in [1.807, 2.05) is 28.8 Å². The Bertz CT molecular complexity index is 1390. The third-order valence-electron chi connectivity index (χ3n) is 5.97. The number of nitrogens with zero attached hydrogens (tertiary/aromatic N) is 4. The number of nitrogens with two attached hydrogens (primary N) is 2. The van der Waals surface area contributed by atoms with Crippen LogP contribution in [0.3, 0.4) is 0 Å². The van der Waals surface area contributed by atoms with Gasteiger partial charge in [-0.25, -0.2) is 4.98 Å². The Morgan fingerprint density at radius 3 is 2.67 bits per heavy atom. The number of hydrogen-bond acceptors (Lipinski definition) is 6. The summed E-state index contributed by atoms with van der Waals surface area (Å²) in [6.45, 7) is 0.822. The zero-order chi connectivity index (χ0) is 25.3. The van der Waals surface area contributed by atoms with Crippen molar-refractivity contribution in [1.29, 1.82) is 0 Å². The first-order chi connectivity index (χ1) is 17.3. The van der Waals surface area contributed by atoms with Crippen LogP contribution >= 0.6 is 11.3 Å². The van der Waals surface area contributed by atoms with Gasteiger partial charge in [0, 0.05) is 22.2 Å². The number of aromatic nitrogens is 3. The second kappa shape index (κ2) is 9.61. The zero-order valence-corrected chi connectivity index (χ0v) is 19.8. The molecule has 1 aliphatic heterocycles. The minimum Gasteiger partial charge on any atom is -0.339 e. The molecule has 0 bridgehead atoms. The molecule has 1 saturated heterocycles. The van der Waals surface area contributed by atoms with E-state index in [4.69, 9.17) is 16.0 Å². The van der Waals surface area contributed by atoms with E-state index in [0.29, 0.717) is 40.5 Å². The monoisotopic (exact) mass is 514 g/mol. The lowest BCUT2D eigenvalue weighted by atomic mass is 10.1. The van der Waals surface area contributed by atoms with E-state index in [1.54, 1.807) is 11.4 Å². The molecule has 2 aromatic heterocycles. The molecule has 0 unspecified atom stereocenters. The summed E-state index contributed by atoms with van der Waals surface area (Å²) in [5.41, 5.74) is 13.3. The van der Waals surface area contributed by atoms with Crippen LogP contribution in [-0.2, 0) is 12.6 Å². The molecular weight excluding hydrogens is 491 g/mol. The molecule has 0 amide bonds. The summed E-state index contributed by atoms with van der Waals surface area (Å²) in [6, 6.07) is 12.7. The summed E-state index contributed by atoms with van der Waals surface area (Å²) in [5, 5.41) is 9.55. The molecule has 3 heterocycles. The number of anilines is 2. The highest BCUT2D eigenvalue weighted by atomic mass is 32.1. The van der Waals surface area contributed by atoms with Gasteiger partial charge in [-0.05, 0) is 49.2 Å². The van der Waals surface area contributed by atoms with Crippen LogP contribution in [0.1, 0.15) is 24.3 Å². The quantitative estimate of drug-likeness (QED) is 0.254. The average molecular weight is 515 g/mol. The minimum absolute atomic E-state index is 0.147. The van der Waals surface area contributed by atoms with Gasteiger partial charge in [0.2, 0.25) is 11.7 Å². The van der Waals surface area contributed by atoms with Crippen LogP contribution in [0.15, 0.2) is 58.4 Å². The largest absolute Gasteiger partial charge is 0.416 e. The second-order valence-corrected chi connectivity index (χ2v) is 9.31. The summed E-state index contributed by atoms with van der Waals surface area (Å²) >= 11 is 1.31. The Balaban J connectivity index is 1.25. The topological polar surface area (TPSA) is 119 Å². The van der Waals surface area contributed by atoms with Crippen molar-refractivity contribution in [3.63, 3.8) is 0 Å². The molecule has 186 valence electrons. The van der Waals surface area contributed by atoms with Crippen LogP contribution in [0.5, 0.6) is 0 Å². The molecule has 1 fully saturated rings. The van der Waals surface area contributed by atoms with Gasteiger partial charge in [-0.1, -0.05) is 17.3 Å². The first kappa shape index (κ1) is 23.8. The molecule has 5 N–H and O–H groups in total. The van der Waals surface area contributed by atoms with E-state index < -0.39 is 11.7 Å².